The summed E-state index contributed by atoms with van der Waals surface area (Å²) in [5.41, 5.74) is 0. The topological polar surface area (TPSA) is 26.7 Å². The summed E-state index contributed by atoms with van der Waals surface area (Å²) in [7, 11) is 4.49. The summed E-state index contributed by atoms with van der Waals surface area (Å²) in [6.45, 7) is 5.80. The van der Waals surface area contributed by atoms with E-state index < -0.39 is 0 Å². The van der Waals surface area contributed by atoms with Crippen LogP contribution in [0, 0.1) is 11.8 Å². The van der Waals surface area contributed by atoms with Crippen LogP contribution >= 0.6 is 0 Å². The van der Waals surface area contributed by atoms with Gasteiger partial charge in [0.05, 0.1) is 6.10 Å². The Labute approximate surface area is 125 Å². The smallest absolute Gasteiger partial charge is 0.0580 e. The SMILES string of the molecule is CCCC1CCC(O)C(CN(C)C2CCCN(C)C2)C1. The van der Waals surface area contributed by atoms with Crippen molar-refractivity contribution in [1.82, 2.24) is 9.80 Å². The minimum atomic E-state index is -0.0631. The Bertz CT molecular complexity index is 284. The number of likely N-dealkylation sites (tertiary alicyclic amines) is 1. The Morgan fingerprint density at radius 1 is 1.25 bits per heavy atom. The van der Waals surface area contributed by atoms with Crippen LogP contribution < -0.4 is 0 Å². The summed E-state index contributed by atoms with van der Waals surface area (Å²) < 4.78 is 0. The molecule has 1 N–H and O–H groups in total. The maximum absolute atomic E-state index is 10.3. The average molecular weight is 282 g/mol. The maximum atomic E-state index is 10.3. The van der Waals surface area contributed by atoms with Crippen molar-refractivity contribution in [2.24, 2.45) is 11.8 Å². The summed E-state index contributed by atoms with van der Waals surface area (Å²) in [4.78, 5) is 4.97. The molecule has 20 heavy (non-hydrogen) atoms. The maximum Gasteiger partial charge on any atom is 0.0580 e. The van der Waals surface area contributed by atoms with Crippen LogP contribution in [0.3, 0.4) is 0 Å². The molecule has 118 valence electrons. The Morgan fingerprint density at radius 3 is 2.75 bits per heavy atom. The van der Waals surface area contributed by atoms with Crippen LogP contribution in [0.4, 0.5) is 0 Å². The molecule has 0 spiro atoms. The first-order valence-electron chi connectivity index (χ1n) is 8.67. The van der Waals surface area contributed by atoms with Gasteiger partial charge in [-0.05, 0) is 64.6 Å². The summed E-state index contributed by atoms with van der Waals surface area (Å²) in [5.74, 6) is 1.35. The normalized spacial score (nSPS) is 36.5. The van der Waals surface area contributed by atoms with Gasteiger partial charge in [0.1, 0.15) is 0 Å². The second kappa shape index (κ2) is 7.77. The first kappa shape index (κ1) is 16.3. The molecule has 3 heteroatoms. The van der Waals surface area contributed by atoms with Crippen molar-refractivity contribution < 1.29 is 5.11 Å². The molecule has 0 aromatic rings. The quantitative estimate of drug-likeness (QED) is 0.839. The van der Waals surface area contributed by atoms with E-state index in [2.05, 4.69) is 30.8 Å². The predicted molar refractivity (Wildman–Crippen MR) is 84.9 cm³/mol. The number of nitrogens with zero attached hydrogens (tertiary/aromatic N) is 2. The summed E-state index contributed by atoms with van der Waals surface area (Å²) in [6, 6.07) is 0.688. The molecule has 4 atom stereocenters. The fourth-order valence-electron chi connectivity index (χ4n) is 4.23. The standard InChI is InChI=1S/C17H34N2O/c1-4-6-14-8-9-17(20)15(11-14)12-19(3)16-7-5-10-18(2)13-16/h14-17,20H,4-13H2,1-3H3. The van der Waals surface area contributed by atoms with E-state index in [0.29, 0.717) is 12.0 Å². The molecule has 1 aliphatic heterocycles. The van der Waals surface area contributed by atoms with Crippen molar-refractivity contribution in [3.63, 3.8) is 0 Å². The van der Waals surface area contributed by atoms with E-state index in [1.165, 1.54) is 51.6 Å². The van der Waals surface area contributed by atoms with Gasteiger partial charge in [0.25, 0.3) is 0 Å². The summed E-state index contributed by atoms with van der Waals surface area (Å²) in [6.07, 6.45) is 8.71. The molecule has 0 bridgehead atoms. The van der Waals surface area contributed by atoms with Crippen molar-refractivity contribution in [1.29, 1.82) is 0 Å². The van der Waals surface area contributed by atoms with Gasteiger partial charge < -0.3 is 14.9 Å². The molecule has 1 aliphatic carbocycles. The molecule has 0 radical (unpaired) electrons. The molecule has 1 heterocycles. The van der Waals surface area contributed by atoms with Crippen molar-refractivity contribution in [3.05, 3.63) is 0 Å². The van der Waals surface area contributed by atoms with E-state index in [-0.39, 0.29) is 6.10 Å². The van der Waals surface area contributed by atoms with E-state index in [9.17, 15) is 5.11 Å². The van der Waals surface area contributed by atoms with Crippen molar-refractivity contribution in [2.75, 3.05) is 33.7 Å². The first-order valence-corrected chi connectivity index (χ1v) is 8.67. The zero-order valence-corrected chi connectivity index (χ0v) is 13.7. The van der Waals surface area contributed by atoms with Crippen LogP contribution in [-0.2, 0) is 0 Å². The Morgan fingerprint density at radius 2 is 2.05 bits per heavy atom. The lowest BCUT2D eigenvalue weighted by Gasteiger charge is -2.40. The number of rotatable bonds is 5. The van der Waals surface area contributed by atoms with Gasteiger partial charge in [-0.15, -0.1) is 0 Å². The predicted octanol–water partition coefficient (Wildman–Crippen LogP) is 2.59. The van der Waals surface area contributed by atoms with Gasteiger partial charge in [0, 0.05) is 19.1 Å². The molecule has 3 nitrogen and oxygen atoms in total. The lowest BCUT2D eigenvalue weighted by Crippen LogP contribution is -2.48. The third-order valence-corrected chi connectivity index (χ3v) is 5.49. The molecule has 1 saturated carbocycles. The lowest BCUT2D eigenvalue weighted by atomic mass is 9.77. The number of likely N-dealkylation sites (N-methyl/N-ethyl adjacent to an activating group) is 2. The van der Waals surface area contributed by atoms with E-state index in [1.807, 2.05) is 0 Å². The highest BCUT2D eigenvalue weighted by atomic mass is 16.3. The molecule has 4 unspecified atom stereocenters. The van der Waals surface area contributed by atoms with Gasteiger partial charge in [-0.1, -0.05) is 19.8 Å². The van der Waals surface area contributed by atoms with Crippen molar-refractivity contribution in [2.45, 2.75) is 64.0 Å². The third-order valence-electron chi connectivity index (χ3n) is 5.49. The van der Waals surface area contributed by atoms with Crippen molar-refractivity contribution in [3.8, 4) is 0 Å². The molecular formula is C17H34N2O. The fourth-order valence-corrected chi connectivity index (χ4v) is 4.23. The first-order chi connectivity index (χ1) is 9.60. The molecule has 2 aliphatic rings. The molecule has 0 aromatic heterocycles. The van der Waals surface area contributed by atoms with Gasteiger partial charge in [-0.2, -0.15) is 0 Å². The number of piperidine rings is 1. The second-order valence-electron chi connectivity index (χ2n) is 7.29. The van der Waals surface area contributed by atoms with Crippen molar-refractivity contribution >= 4 is 0 Å². The van der Waals surface area contributed by atoms with E-state index in [0.717, 1.165) is 18.9 Å². The van der Waals surface area contributed by atoms with E-state index in [1.54, 1.807) is 0 Å². The van der Waals surface area contributed by atoms with Crippen LogP contribution in [-0.4, -0.2) is 60.8 Å². The molecule has 2 rings (SSSR count). The molecular weight excluding hydrogens is 248 g/mol. The minimum Gasteiger partial charge on any atom is -0.393 e. The van der Waals surface area contributed by atoms with E-state index in [4.69, 9.17) is 0 Å². The second-order valence-corrected chi connectivity index (χ2v) is 7.29. The molecule has 0 amide bonds. The largest absolute Gasteiger partial charge is 0.393 e. The Kier molecular flexibility index (Phi) is 6.31. The van der Waals surface area contributed by atoms with Gasteiger partial charge >= 0.3 is 0 Å². The lowest BCUT2D eigenvalue weighted by molar-refractivity contribution is 0.0160. The highest BCUT2D eigenvalue weighted by Gasteiger charge is 2.31. The van der Waals surface area contributed by atoms with Crippen LogP contribution in [0.1, 0.15) is 51.9 Å². The summed E-state index contributed by atoms with van der Waals surface area (Å²) >= 11 is 0. The third kappa shape index (κ3) is 4.44. The monoisotopic (exact) mass is 282 g/mol. The highest BCUT2D eigenvalue weighted by Crippen LogP contribution is 2.33. The molecule has 1 saturated heterocycles. The van der Waals surface area contributed by atoms with Gasteiger partial charge in [-0.3, -0.25) is 0 Å². The Balaban J connectivity index is 1.83. The molecule has 0 aromatic carbocycles. The van der Waals surface area contributed by atoms with E-state index >= 15 is 0 Å². The van der Waals surface area contributed by atoms with Crippen LogP contribution in [0.15, 0.2) is 0 Å². The number of hydrogen-bond acceptors (Lipinski definition) is 3. The Hall–Kier alpha value is -0.120. The zero-order valence-electron chi connectivity index (χ0n) is 13.7. The average Bonchev–Trinajstić information content (AvgIpc) is 2.43. The van der Waals surface area contributed by atoms with Crippen LogP contribution in [0.2, 0.25) is 0 Å². The number of aliphatic hydroxyl groups is 1. The van der Waals surface area contributed by atoms with Gasteiger partial charge in [0.15, 0.2) is 0 Å². The summed E-state index contributed by atoms with van der Waals surface area (Å²) in [5, 5.41) is 10.3. The van der Waals surface area contributed by atoms with Crippen LogP contribution in [0.5, 0.6) is 0 Å². The van der Waals surface area contributed by atoms with Gasteiger partial charge in [-0.25, -0.2) is 0 Å². The molecule has 2 fully saturated rings. The highest BCUT2D eigenvalue weighted by molar-refractivity contribution is 4.84. The van der Waals surface area contributed by atoms with Crippen LogP contribution in [0.25, 0.3) is 0 Å². The number of hydrogen-bond donors (Lipinski definition) is 1. The van der Waals surface area contributed by atoms with Gasteiger partial charge in [0.2, 0.25) is 0 Å². The minimum absolute atomic E-state index is 0.0631. The zero-order chi connectivity index (χ0) is 14.5. The fraction of sp³-hybridized carbons (Fsp3) is 1.00. The number of aliphatic hydroxyl groups excluding tert-OH is 1.